The van der Waals surface area contributed by atoms with Crippen molar-refractivity contribution in [1.29, 1.82) is 0 Å². The number of carbonyl (C=O) groups is 2. The Labute approximate surface area is 292 Å². The number of aromatic nitrogens is 2. The summed E-state index contributed by atoms with van der Waals surface area (Å²) in [5, 5.41) is 0.901. The zero-order valence-corrected chi connectivity index (χ0v) is 28.8. The predicted molar refractivity (Wildman–Crippen MR) is 186 cm³/mol. The minimum atomic E-state index is -4.48. The number of rotatable bonds is 8. The van der Waals surface area contributed by atoms with E-state index in [-0.39, 0.29) is 34.3 Å². The predicted octanol–water partition coefficient (Wildman–Crippen LogP) is 7.21. The lowest BCUT2D eigenvalue weighted by Gasteiger charge is -2.34. The van der Waals surface area contributed by atoms with Crippen LogP contribution < -0.4 is 14.4 Å². The van der Waals surface area contributed by atoms with Gasteiger partial charge >= 0.3 is 6.18 Å². The molecular formula is C36H35BrF3N5O4. The molecule has 0 unspecified atom stereocenters. The summed E-state index contributed by atoms with van der Waals surface area (Å²) in [7, 11) is 5.02. The molecule has 1 saturated heterocycles. The molecule has 0 atom stereocenters. The van der Waals surface area contributed by atoms with Crippen LogP contribution in [0.3, 0.4) is 0 Å². The topological polar surface area (TPSA) is 80.1 Å². The number of pyridine rings is 1. The molecule has 6 rings (SSSR count). The number of hydrogen-bond acceptors (Lipinski definition) is 6. The van der Waals surface area contributed by atoms with E-state index in [4.69, 9.17) is 9.47 Å². The lowest BCUT2D eigenvalue weighted by atomic mass is 10.1. The summed E-state index contributed by atoms with van der Waals surface area (Å²) in [6.07, 6.45) is -3.03. The molecule has 0 bridgehead atoms. The zero-order chi connectivity index (χ0) is 34.0. The van der Waals surface area contributed by atoms with Crippen LogP contribution in [0.2, 0.25) is 0 Å². The van der Waals surface area contributed by atoms with Gasteiger partial charge in [0.05, 0.1) is 30.1 Å². The number of halogens is 4. The van der Waals surface area contributed by atoms with Gasteiger partial charge in [-0.15, -0.1) is 17.0 Å². The number of nitrogens with zero attached hydrogens (tertiary/aromatic N) is 5. The highest BCUT2D eigenvalue weighted by molar-refractivity contribution is 8.93. The zero-order valence-electron chi connectivity index (χ0n) is 27.1. The summed E-state index contributed by atoms with van der Waals surface area (Å²) in [4.78, 5) is 36.2. The third-order valence-electron chi connectivity index (χ3n) is 8.55. The van der Waals surface area contributed by atoms with E-state index < -0.39 is 17.6 Å². The number of methoxy groups -OCH3 is 1. The summed E-state index contributed by atoms with van der Waals surface area (Å²) < 4.78 is 51.7. The molecule has 2 amide bonds. The quantitative estimate of drug-likeness (QED) is 0.168. The second kappa shape index (κ2) is 14.7. The Bertz CT molecular complexity index is 1920. The summed E-state index contributed by atoms with van der Waals surface area (Å²) >= 11 is 0. The van der Waals surface area contributed by atoms with E-state index in [0.29, 0.717) is 30.2 Å². The average Bonchev–Trinajstić information content (AvgIpc) is 3.43. The molecule has 13 heteroatoms. The van der Waals surface area contributed by atoms with E-state index in [9.17, 15) is 22.8 Å². The van der Waals surface area contributed by atoms with Gasteiger partial charge in [0.2, 0.25) is 5.88 Å². The van der Waals surface area contributed by atoms with Crippen molar-refractivity contribution in [2.24, 2.45) is 7.05 Å². The molecule has 0 saturated carbocycles. The Morgan fingerprint density at radius 3 is 2.16 bits per heavy atom. The van der Waals surface area contributed by atoms with Crippen LogP contribution in [-0.4, -0.2) is 71.5 Å². The molecule has 0 aliphatic carbocycles. The van der Waals surface area contributed by atoms with Crippen molar-refractivity contribution >= 4 is 45.4 Å². The Morgan fingerprint density at radius 1 is 0.878 bits per heavy atom. The number of piperazine rings is 1. The molecule has 0 spiro atoms. The fourth-order valence-electron chi connectivity index (χ4n) is 5.70. The van der Waals surface area contributed by atoms with E-state index in [2.05, 4.69) is 22.0 Å². The number of ether oxygens (including phenoxy) is 2. The summed E-state index contributed by atoms with van der Waals surface area (Å²) in [6.45, 7) is 3.66. The van der Waals surface area contributed by atoms with E-state index in [1.165, 1.54) is 23.7 Å². The van der Waals surface area contributed by atoms with Crippen molar-refractivity contribution in [2.45, 2.75) is 12.7 Å². The van der Waals surface area contributed by atoms with Gasteiger partial charge in [-0.2, -0.15) is 13.2 Å². The maximum Gasteiger partial charge on any atom is 0.416 e. The Morgan fingerprint density at radius 2 is 1.55 bits per heavy atom. The normalized spacial score (nSPS) is 13.6. The minimum absolute atomic E-state index is 0. The van der Waals surface area contributed by atoms with Gasteiger partial charge in [0.1, 0.15) is 17.2 Å². The third kappa shape index (κ3) is 7.89. The first-order valence-electron chi connectivity index (χ1n) is 15.3. The highest BCUT2D eigenvalue weighted by Gasteiger charge is 2.30. The third-order valence-corrected chi connectivity index (χ3v) is 8.55. The Balaban J connectivity index is 0.00000468. The van der Waals surface area contributed by atoms with Gasteiger partial charge in [0.25, 0.3) is 11.8 Å². The minimum Gasteiger partial charge on any atom is -0.497 e. The number of hydrogen-bond donors (Lipinski definition) is 0. The number of fused-ring (bicyclic) bond motifs is 1. The van der Waals surface area contributed by atoms with Crippen molar-refractivity contribution < 1.29 is 32.2 Å². The van der Waals surface area contributed by atoms with Crippen LogP contribution in [0.1, 0.15) is 32.0 Å². The smallest absolute Gasteiger partial charge is 0.416 e. The number of benzene rings is 3. The van der Waals surface area contributed by atoms with Crippen molar-refractivity contribution in [2.75, 3.05) is 45.2 Å². The average molecular weight is 739 g/mol. The van der Waals surface area contributed by atoms with Gasteiger partial charge in [-0.05, 0) is 66.2 Å². The van der Waals surface area contributed by atoms with E-state index in [1.807, 2.05) is 46.8 Å². The second-order valence-electron chi connectivity index (χ2n) is 11.6. The van der Waals surface area contributed by atoms with Crippen molar-refractivity contribution in [3.8, 4) is 17.4 Å². The number of aryl methyl sites for hydroxylation is 1. The van der Waals surface area contributed by atoms with E-state index in [1.54, 1.807) is 25.3 Å². The molecule has 256 valence electrons. The Kier molecular flexibility index (Phi) is 10.6. The second-order valence-corrected chi connectivity index (χ2v) is 11.6. The number of amides is 2. The monoisotopic (exact) mass is 737 g/mol. The van der Waals surface area contributed by atoms with Crippen LogP contribution in [-0.2, 0) is 19.8 Å². The SMILES string of the molecule is Br.COc1ccc(CN2CCN(C(=O)c3cc4ccc(Oc5ccc(N(C)C(=O)c6ccc(C(F)(F)F)cc6)cn5)cc4n3C)CC2)cc1. The van der Waals surface area contributed by atoms with Gasteiger partial charge in [-0.25, -0.2) is 4.98 Å². The molecule has 0 N–H and O–H groups in total. The van der Waals surface area contributed by atoms with Crippen LogP contribution >= 0.6 is 17.0 Å². The molecule has 5 aromatic rings. The molecular weight excluding hydrogens is 703 g/mol. The number of carbonyl (C=O) groups excluding carboxylic acids is 2. The number of alkyl halides is 3. The number of anilines is 1. The summed E-state index contributed by atoms with van der Waals surface area (Å²) in [5.74, 6) is 1.13. The molecule has 1 fully saturated rings. The fraction of sp³-hybridized carbons (Fsp3) is 0.250. The van der Waals surface area contributed by atoms with E-state index >= 15 is 0 Å². The molecule has 3 heterocycles. The summed E-state index contributed by atoms with van der Waals surface area (Å²) in [6, 6.07) is 22.8. The molecule has 49 heavy (non-hydrogen) atoms. The fourth-order valence-corrected chi connectivity index (χ4v) is 5.70. The largest absolute Gasteiger partial charge is 0.497 e. The molecule has 0 radical (unpaired) electrons. The van der Waals surface area contributed by atoms with E-state index in [0.717, 1.165) is 60.6 Å². The lowest BCUT2D eigenvalue weighted by molar-refractivity contribution is -0.137. The van der Waals surface area contributed by atoms with Crippen molar-refractivity contribution in [1.82, 2.24) is 19.4 Å². The summed E-state index contributed by atoms with van der Waals surface area (Å²) in [5.41, 5.74) is 2.35. The van der Waals surface area contributed by atoms with Crippen LogP contribution in [0.4, 0.5) is 18.9 Å². The molecule has 2 aromatic heterocycles. The standard InChI is InChI=1S/C36H34F3N5O4.BrH/c1-41(34(45)25-6-9-27(10-7-25)36(37,38)39)28-11-15-33(40-22-28)48-30-14-8-26-20-32(42(2)31(26)21-30)35(46)44-18-16-43(17-19-44)23-24-4-12-29(47-3)13-5-24;/h4-15,20-22H,16-19,23H2,1-3H3;1H. The molecule has 1 aliphatic heterocycles. The Hall–Kier alpha value is -4.88. The highest BCUT2D eigenvalue weighted by Crippen LogP contribution is 2.30. The van der Waals surface area contributed by atoms with Gasteiger partial charge in [-0.1, -0.05) is 12.1 Å². The van der Waals surface area contributed by atoms with Crippen molar-refractivity contribution in [3.05, 3.63) is 114 Å². The first-order valence-corrected chi connectivity index (χ1v) is 15.3. The van der Waals surface area contributed by atoms with Gasteiger partial charge in [0, 0.05) is 69.9 Å². The first kappa shape index (κ1) is 35.4. The molecule has 1 aliphatic rings. The van der Waals surface area contributed by atoms with Crippen LogP contribution in [0.15, 0.2) is 91.1 Å². The molecule has 3 aromatic carbocycles. The molecule has 9 nitrogen and oxygen atoms in total. The van der Waals surface area contributed by atoms with Gasteiger partial charge < -0.3 is 23.8 Å². The van der Waals surface area contributed by atoms with Crippen LogP contribution in [0.25, 0.3) is 10.9 Å². The highest BCUT2D eigenvalue weighted by atomic mass is 79.9. The van der Waals surface area contributed by atoms with Crippen LogP contribution in [0.5, 0.6) is 17.4 Å². The maximum atomic E-state index is 13.5. The van der Waals surface area contributed by atoms with Crippen molar-refractivity contribution in [3.63, 3.8) is 0 Å². The lowest BCUT2D eigenvalue weighted by Crippen LogP contribution is -2.48. The maximum absolute atomic E-state index is 13.5. The van der Waals surface area contributed by atoms with Gasteiger partial charge in [-0.3, -0.25) is 14.5 Å². The van der Waals surface area contributed by atoms with Crippen LogP contribution in [0, 0.1) is 0 Å². The van der Waals surface area contributed by atoms with Gasteiger partial charge in [0.15, 0.2) is 0 Å². The first-order chi connectivity index (χ1) is 23.0.